The molecule has 7 nitrogen and oxygen atoms in total. The number of benzene rings is 2. The largest absolute Gasteiger partial charge is 0.491 e. The van der Waals surface area contributed by atoms with Crippen LogP contribution in [0.2, 0.25) is 0 Å². The van der Waals surface area contributed by atoms with E-state index in [0.717, 1.165) is 17.5 Å². The minimum Gasteiger partial charge on any atom is -0.491 e. The van der Waals surface area contributed by atoms with Crippen molar-refractivity contribution in [3.63, 3.8) is 0 Å². The second kappa shape index (κ2) is 8.52. The van der Waals surface area contributed by atoms with E-state index in [-0.39, 0.29) is 11.0 Å². The first kappa shape index (κ1) is 19.3. The number of ether oxygens (including phenoxy) is 2. The number of nitrogens with zero attached hydrogens (tertiary/aromatic N) is 3. The fraction of sp³-hybridized carbons (Fsp3) is 0.368. The third-order valence-electron chi connectivity index (χ3n) is 4.72. The second-order valence-electron chi connectivity index (χ2n) is 6.52. The van der Waals surface area contributed by atoms with Crippen molar-refractivity contribution in [1.29, 1.82) is 0 Å². The molecule has 0 amide bonds. The Morgan fingerprint density at radius 1 is 1.00 bits per heavy atom. The van der Waals surface area contributed by atoms with Crippen molar-refractivity contribution < 1.29 is 17.9 Å². The summed E-state index contributed by atoms with van der Waals surface area (Å²) in [7, 11) is -3.59. The minimum atomic E-state index is -3.59. The molecule has 2 aromatic carbocycles. The smallest absolute Gasteiger partial charge is 0.245 e. The number of sulfonamides is 1. The van der Waals surface area contributed by atoms with Crippen molar-refractivity contribution in [3.05, 3.63) is 48.5 Å². The molecule has 1 aromatic heterocycles. The second-order valence-corrected chi connectivity index (χ2v) is 8.96. The monoisotopic (exact) mass is 419 g/mol. The van der Waals surface area contributed by atoms with Gasteiger partial charge in [0.25, 0.3) is 0 Å². The first-order chi connectivity index (χ1) is 13.6. The van der Waals surface area contributed by atoms with Gasteiger partial charge in [0.1, 0.15) is 28.3 Å². The van der Waals surface area contributed by atoms with Gasteiger partial charge in [0.15, 0.2) is 0 Å². The fourth-order valence-electron chi connectivity index (χ4n) is 3.26. The van der Waals surface area contributed by atoms with E-state index >= 15 is 0 Å². The quantitative estimate of drug-likeness (QED) is 0.548. The Balaban J connectivity index is 1.29. The van der Waals surface area contributed by atoms with Gasteiger partial charge in [-0.25, -0.2) is 8.42 Å². The number of hydrogen-bond acceptors (Lipinski definition) is 7. The molecule has 0 bridgehead atoms. The standard InChI is InChI=1S/C19H21N3O4S2/c23-28(24,18-8-4-7-17-19(18)21-27-20-17)22-11-9-16(10-12-22)26-14-13-25-15-5-2-1-3-6-15/h1-8,16H,9-14H2. The molecule has 1 saturated heterocycles. The lowest BCUT2D eigenvalue weighted by atomic mass is 10.1. The molecule has 0 radical (unpaired) electrons. The Bertz CT molecular complexity index is 1020. The van der Waals surface area contributed by atoms with E-state index in [0.29, 0.717) is 50.2 Å². The summed E-state index contributed by atoms with van der Waals surface area (Å²) in [4.78, 5) is 0.231. The molecule has 9 heteroatoms. The lowest BCUT2D eigenvalue weighted by Crippen LogP contribution is -2.41. The van der Waals surface area contributed by atoms with E-state index in [9.17, 15) is 8.42 Å². The van der Waals surface area contributed by atoms with Crippen LogP contribution in [-0.4, -0.2) is 53.9 Å². The molecule has 0 unspecified atom stereocenters. The van der Waals surface area contributed by atoms with Crippen molar-refractivity contribution in [1.82, 2.24) is 13.1 Å². The highest BCUT2D eigenvalue weighted by molar-refractivity contribution is 7.89. The van der Waals surface area contributed by atoms with Crippen LogP contribution in [0.15, 0.2) is 53.4 Å². The van der Waals surface area contributed by atoms with E-state index < -0.39 is 10.0 Å². The van der Waals surface area contributed by atoms with Crippen molar-refractivity contribution in [2.24, 2.45) is 0 Å². The zero-order valence-electron chi connectivity index (χ0n) is 15.2. The average Bonchev–Trinajstić information content (AvgIpc) is 3.21. The highest BCUT2D eigenvalue weighted by Gasteiger charge is 2.31. The summed E-state index contributed by atoms with van der Waals surface area (Å²) < 4.78 is 47.3. The number of aromatic nitrogens is 2. The highest BCUT2D eigenvalue weighted by atomic mass is 32.2. The summed E-state index contributed by atoms with van der Waals surface area (Å²) in [6.45, 7) is 1.82. The summed E-state index contributed by atoms with van der Waals surface area (Å²) in [5.74, 6) is 0.817. The van der Waals surface area contributed by atoms with Crippen LogP contribution in [0.5, 0.6) is 5.75 Å². The lowest BCUT2D eigenvalue weighted by molar-refractivity contribution is 0.00701. The SMILES string of the molecule is O=S(=O)(c1cccc2nsnc12)N1CCC(OCCOc2ccccc2)CC1. The normalized spacial score (nSPS) is 16.4. The van der Waals surface area contributed by atoms with Crippen LogP contribution in [0.25, 0.3) is 11.0 Å². The van der Waals surface area contributed by atoms with E-state index in [1.165, 1.54) is 4.31 Å². The van der Waals surface area contributed by atoms with E-state index in [2.05, 4.69) is 8.75 Å². The minimum absolute atomic E-state index is 0.0440. The van der Waals surface area contributed by atoms with Gasteiger partial charge in [0.05, 0.1) is 24.4 Å². The van der Waals surface area contributed by atoms with E-state index in [1.807, 2.05) is 30.3 Å². The summed E-state index contributed by atoms with van der Waals surface area (Å²) >= 11 is 1.02. The van der Waals surface area contributed by atoms with Crippen molar-refractivity contribution in [2.75, 3.05) is 26.3 Å². The Hall–Kier alpha value is -2.07. The summed E-state index contributed by atoms with van der Waals surface area (Å²) in [6, 6.07) is 14.7. The molecule has 1 aliphatic heterocycles. The predicted octanol–water partition coefficient (Wildman–Crippen LogP) is 2.94. The summed E-state index contributed by atoms with van der Waals surface area (Å²) in [5, 5.41) is 0. The molecule has 0 N–H and O–H groups in total. The molecule has 2 heterocycles. The zero-order chi connectivity index (χ0) is 19.4. The molecule has 0 spiro atoms. The third-order valence-corrected chi connectivity index (χ3v) is 7.19. The van der Waals surface area contributed by atoms with Gasteiger partial charge >= 0.3 is 0 Å². The van der Waals surface area contributed by atoms with Crippen LogP contribution in [-0.2, 0) is 14.8 Å². The number of hydrogen-bond donors (Lipinski definition) is 0. The molecule has 0 aliphatic carbocycles. The van der Waals surface area contributed by atoms with Crippen LogP contribution >= 0.6 is 11.7 Å². The van der Waals surface area contributed by atoms with Crippen molar-refractivity contribution in [3.8, 4) is 5.75 Å². The molecule has 0 atom stereocenters. The highest BCUT2D eigenvalue weighted by Crippen LogP contribution is 2.27. The van der Waals surface area contributed by atoms with E-state index in [1.54, 1.807) is 18.2 Å². The number of fused-ring (bicyclic) bond motifs is 1. The molecular formula is C19H21N3O4S2. The molecule has 148 valence electrons. The Kier molecular flexibility index (Phi) is 5.86. The number of rotatable bonds is 7. The van der Waals surface area contributed by atoms with Crippen LogP contribution in [0.1, 0.15) is 12.8 Å². The maximum atomic E-state index is 13.0. The number of piperidine rings is 1. The first-order valence-electron chi connectivity index (χ1n) is 9.15. The Morgan fingerprint density at radius 2 is 1.79 bits per heavy atom. The van der Waals surface area contributed by atoms with Crippen LogP contribution in [0, 0.1) is 0 Å². The topological polar surface area (TPSA) is 81.6 Å². The molecule has 3 aromatic rings. The van der Waals surface area contributed by atoms with Gasteiger partial charge in [-0.3, -0.25) is 0 Å². The zero-order valence-corrected chi connectivity index (χ0v) is 16.9. The molecule has 4 rings (SSSR count). The lowest BCUT2D eigenvalue weighted by Gasteiger charge is -2.31. The van der Waals surface area contributed by atoms with Gasteiger partial charge in [0, 0.05) is 13.1 Å². The van der Waals surface area contributed by atoms with Gasteiger partial charge in [0.2, 0.25) is 10.0 Å². The van der Waals surface area contributed by atoms with Gasteiger partial charge < -0.3 is 9.47 Å². The Labute approximate surface area is 168 Å². The van der Waals surface area contributed by atoms with Crippen molar-refractivity contribution in [2.45, 2.75) is 23.8 Å². The van der Waals surface area contributed by atoms with Crippen LogP contribution < -0.4 is 4.74 Å². The summed E-state index contributed by atoms with van der Waals surface area (Å²) in [6.07, 6.45) is 1.37. The Morgan fingerprint density at radius 3 is 2.57 bits per heavy atom. The van der Waals surface area contributed by atoms with Crippen LogP contribution in [0.4, 0.5) is 0 Å². The molecule has 28 heavy (non-hydrogen) atoms. The number of para-hydroxylation sites is 1. The molecule has 1 fully saturated rings. The third kappa shape index (κ3) is 4.17. The summed E-state index contributed by atoms with van der Waals surface area (Å²) in [5.41, 5.74) is 1.06. The maximum absolute atomic E-state index is 13.0. The fourth-order valence-corrected chi connectivity index (χ4v) is 5.48. The van der Waals surface area contributed by atoms with Gasteiger partial charge in [-0.05, 0) is 37.1 Å². The molecular weight excluding hydrogens is 398 g/mol. The average molecular weight is 420 g/mol. The van der Waals surface area contributed by atoms with Gasteiger partial charge in [-0.2, -0.15) is 13.1 Å². The predicted molar refractivity (Wildman–Crippen MR) is 107 cm³/mol. The van der Waals surface area contributed by atoms with E-state index in [4.69, 9.17) is 9.47 Å². The van der Waals surface area contributed by atoms with Crippen molar-refractivity contribution >= 4 is 32.8 Å². The molecule has 0 saturated carbocycles. The molecule has 1 aliphatic rings. The maximum Gasteiger partial charge on any atom is 0.245 e. The van der Waals surface area contributed by atoms with Crippen LogP contribution in [0.3, 0.4) is 0 Å². The van der Waals surface area contributed by atoms with Gasteiger partial charge in [-0.1, -0.05) is 24.3 Å². The van der Waals surface area contributed by atoms with Gasteiger partial charge in [-0.15, -0.1) is 0 Å². The first-order valence-corrected chi connectivity index (χ1v) is 11.3.